The molecule has 4 rings (SSSR count). The lowest BCUT2D eigenvalue weighted by Crippen LogP contribution is -2.23. The summed E-state index contributed by atoms with van der Waals surface area (Å²) < 4.78 is 2.65. The fourth-order valence-corrected chi connectivity index (χ4v) is 4.67. The van der Waals surface area contributed by atoms with Gasteiger partial charge in [-0.1, -0.05) is 48.5 Å². The number of aromatic hydroxyl groups is 3. The Morgan fingerprint density at radius 2 is 1.56 bits per heavy atom. The number of amides is 1. The largest absolute Gasteiger partial charge is 0.504 e. The highest BCUT2D eigenvalue weighted by Crippen LogP contribution is 2.36. The topological polar surface area (TPSA) is 146 Å². The van der Waals surface area contributed by atoms with E-state index in [1.807, 2.05) is 35.7 Å². The van der Waals surface area contributed by atoms with Gasteiger partial charge in [0.2, 0.25) is 0 Å². The molecule has 0 saturated carbocycles. The Labute approximate surface area is 202 Å². The first-order valence-electron chi connectivity index (χ1n) is 9.96. The maximum Gasteiger partial charge on any atom is 0.261 e. The summed E-state index contributed by atoms with van der Waals surface area (Å²) in [6.45, 7) is 0. The Bertz CT molecular complexity index is 1330. The van der Waals surface area contributed by atoms with E-state index in [2.05, 4.69) is 9.71 Å². The molecule has 4 aromatic rings. The SMILES string of the molecule is NC(SNC(=O)c1ccccc1C(=O)c1cc(O)c(O)c(O)c1)c1nc(-c2ccccc2)cs1. The van der Waals surface area contributed by atoms with E-state index in [4.69, 9.17) is 5.73 Å². The number of carbonyl (C=O) groups excluding carboxylic acids is 2. The molecule has 6 N–H and O–H groups in total. The number of nitrogens with zero attached hydrogens (tertiary/aromatic N) is 1. The molecule has 0 aliphatic carbocycles. The van der Waals surface area contributed by atoms with Gasteiger partial charge in [-0.05, 0) is 30.1 Å². The molecule has 1 amide bonds. The zero-order valence-corrected chi connectivity index (χ0v) is 19.1. The summed E-state index contributed by atoms with van der Waals surface area (Å²) in [6.07, 6.45) is 0. The molecule has 172 valence electrons. The van der Waals surface area contributed by atoms with Gasteiger partial charge in [0.15, 0.2) is 23.0 Å². The van der Waals surface area contributed by atoms with Gasteiger partial charge < -0.3 is 21.1 Å². The van der Waals surface area contributed by atoms with Crippen molar-refractivity contribution in [1.82, 2.24) is 9.71 Å². The minimum absolute atomic E-state index is 0.0549. The number of nitrogens with one attached hydrogen (secondary N) is 1. The molecule has 0 radical (unpaired) electrons. The van der Waals surface area contributed by atoms with Crippen LogP contribution in [0.1, 0.15) is 36.7 Å². The molecule has 0 saturated heterocycles. The molecule has 1 heterocycles. The van der Waals surface area contributed by atoms with Crippen LogP contribution in [0.15, 0.2) is 72.1 Å². The van der Waals surface area contributed by atoms with Gasteiger partial charge >= 0.3 is 0 Å². The molecular formula is C24H19N3O5S2. The van der Waals surface area contributed by atoms with Gasteiger partial charge in [0.25, 0.3) is 5.91 Å². The summed E-state index contributed by atoms with van der Waals surface area (Å²) in [7, 11) is 0. The molecule has 0 aliphatic rings. The van der Waals surface area contributed by atoms with E-state index in [1.165, 1.54) is 23.5 Å². The fraction of sp³-hybridized carbons (Fsp3) is 0.0417. The van der Waals surface area contributed by atoms with Crippen molar-refractivity contribution in [2.45, 2.75) is 5.37 Å². The minimum atomic E-state index is -0.731. The molecule has 1 atom stereocenters. The number of ketones is 1. The number of hydrogen-bond donors (Lipinski definition) is 5. The van der Waals surface area contributed by atoms with Crippen LogP contribution < -0.4 is 10.5 Å². The monoisotopic (exact) mass is 493 g/mol. The molecule has 1 aromatic heterocycles. The zero-order valence-electron chi connectivity index (χ0n) is 17.5. The molecule has 0 aliphatic heterocycles. The Morgan fingerprint density at radius 1 is 0.941 bits per heavy atom. The van der Waals surface area contributed by atoms with Crippen molar-refractivity contribution < 1.29 is 24.9 Å². The third-order valence-corrected chi connectivity index (χ3v) is 6.72. The maximum absolute atomic E-state index is 13.0. The summed E-state index contributed by atoms with van der Waals surface area (Å²) in [5, 5.41) is 30.8. The van der Waals surface area contributed by atoms with Crippen molar-refractivity contribution in [2.24, 2.45) is 5.73 Å². The van der Waals surface area contributed by atoms with Crippen LogP contribution in [0.2, 0.25) is 0 Å². The smallest absolute Gasteiger partial charge is 0.261 e. The Kier molecular flexibility index (Phi) is 6.82. The van der Waals surface area contributed by atoms with E-state index in [0.717, 1.165) is 35.3 Å². The molecule has 10 heteroatoms. The normalized spacial score (nSPS) is 11.7. The van der Waals surface area contributed by atoms with E-state index >= 15 is 0 Å². The van der Waals surface area contributed by atoms with Crippen LogP contribution in [-0.4, -0.2) is 32.0 Å². The first-order chi connectivity index (χ1) is 16.3. The van der Waals surface area contributed by atoms with Crippen LogP contribution in [-0.2, 0) is 0 Å². The third-order valence-electron chi connectivity index (χ3n) is 4.86. The van der Waals surface area contributed by atoms with Crippen molar-refractivity contribution in [1.29, 1.82) is 0 Å². The summed E-state index contributed by atoms with van der Waals surface area (Å²) >= 11 is 2.34. The Hall–Kier alpha value is -3.86. The summed E-state index contributed by atoms with van der Waals surface area (Å²) in [4.78, 5) is 30.4. The number of nitrogens with two attached hydrogens (primary N) is 1. The lowest BCUT2D eigenvalue weighted by Gasteiger charge is -2.12. The van der Waals surface area contributed by atoms with E-state index in [9.17, 15) is 24.9 Å². The fourth-order valence-electron chi connectivity index (χ4n) is 3.15. The Morgan fingerprint density at radius 3 is 2.24 bits per heavy atom. The van der Waals surface area contributed by atoms with Gasteiger partial charge in [0, 0.05) is 22.1 Å². The second-order valence-electron chi connectivity index (χ2n) is 7.14. The molecule has 1 unspecified atom stereocenters. The number of thiazole rings is 1. The second-order valence-corrected chi connectivity index (χ2v) is 8.98. The van der Waals surface area contributed by atoms with E-state index < -0.39 is 34.3 Å². The molecule has 0 spiro atoms. The van der Waals surface area contributed by atoms with Crippen LogP contribution in [0.4, 0.5) is 0 Å². The average Bonchev–Trinajstić information content (AvgIpc) is 3.36. The van der Waals surface area contributed by atoms with Crippen molar-refractivity contribution in [3.8, 4) is 28.5 Å². The summed E-state index contributed by atoms with van der Waals surface area (Å²) in [6, 6.07) is 17.8. The molecule has 8 nitrogen and oxygen atoms in total. The molecular weight excluding hydrogens is 474 g/mol. The van der Waals surface area contributed by atoms with Gasteiger partial charge in [-0.25, -0.2) is 4.98 Å². The van der Waals surface area contributed by atoms with Gasteiger partial charge in [-0.15, -0.1) is 11.3 Å². The zero-order chi connectivity index (χ0) is 24.2. The van der Waals surface area contributed by atoms with Crippen molar-refractivity contribution in [2.75, 3.05) is 0 Å². The molecule has 3 aromatic carbocycles. The molecule has 0 fully saturated rings. The van der Waals surface area contributed by atoms with Crippen molar-refractivity contribution in [3.05, 3.63) is 93.8 Å². The van der Waals surface area contributed by atoms with Gasteiger partial charge in [-0.3, -0.25) is 14.3 Å². The number of phenols is 3. The number of aromatic nitrogens is 1. The Balaban J connectivity index is 1.48. The van der Waals surface area contributed by atoms with Crippen molar-refractivity contribution in [3.63, 3.8) is 0 Å². The van der Waals surface area contributed by atoms with Gasteiger partial charge in [0.05, 0.1) is 11.3 Å². The average molecular weight is 494 g/mol. The second kappa shape index (κ2) is 9.96. The van der Waals surface area contributed by atoms with Gasteiger partial charge in [0.1, 0.15) is 10.4 Å². The predicted molar refractivity (Wildman–Crippen MR) is 131 cm³/mol. The number of benzene rings is 3. The highest BCUT2D eigenvalue weighted by Gasteiger charge is 2.22. The highest BCUT2D eigenvalue weighted by molar-refractivity contribution is 7.98. The standard InChI is InChI=1S/C24H19N3O5S2/c25-22(24-26-17(12-33-24)13-6-2-1-3-7-13)34-27-23(32)16-9-5-4-8-15(16)20(30)14-10-18(28)21(31)19(29)11-14/h1-12,22,28-29,31H,25H2,(H,27,32). The molecule has 0 bridgehead atoms. The quantitative estimate of drug-likeness (QED) is 0.111. The maximum atomic E-state index is 13.0. The molecule has 34 heavy (non-hydrogen) atoms. The van der Waals surface area contributed by atoms with E-state index in [-0.39, 0.29) is 16.7 Å². The number of hydrogen-bond acceptors (Lipinski definition) is 9. The summed E-state index contributed by atoms with van der Waals surface area (Å²) in [5.74, 6) is -3.18. The number of phenolic OH excluding ortho intramolecular Hbond substituents is 3. The van der Waals surface area contributed by atoms with E-state index in [0.29, 0.717) is 5.01 Å². The lowest BCUT2D eigenvalue weighted by molar-refractivity contribution is 0.0968. The summed E-state index contributed by atoms with van der Waals surface area (Å²) in [5.41, 5.74) is 8.01. The van der Waals surface area contributed by atoms with Gasteiger partial charge in [-0.2, -0.15) is 0 Å². The predicted octanol–water partition coefficient (Wildman–Crippen LogP) is 4.19. The van der Waals surface area contributed by atoms with E-state index in [1.54, 1.807) is 12.1 Å². The van der Waals surface area contributed by atoms with Crippen LogP contribution in [0.25, 0.3) is 11.3 Å². The van der Waals surface area contributed by atoms with Crippen molar-refractivity contribution >= 4 is 35.0 Å². The first-order valence-corrected chi connectivity index (χ1v) is 11.7. The highest BCUT2D eigenvalue weighted by atomic mass is 32.2. The van der Waals surface area contributed by atoms with Crippen LogP contribution in [0, 0.1) is 0 Å². The third kappa shape index (κ3) is 4.88. The van der Waals surface area contributed by atoms with Crippen LogP contribution in [0.5, 0.6) is 17.2 Å². The first kappa shape index (κ1) is 23.3. The minimum Gasteiger partial charge on any atom is -0.504 e. The number of rotatable bonds is 7. The lowest BCUT2D eigenvalue weighted by atomic mass is 9.97. The van der Waals surface area contributed by atoms with Crippen LogP contribution in [0.3, 0.4) is 0 Å². The number of carbonyl (C=O) groups is 2. The van der Waals surface area contributed by atoms with Crippen LogP contribution >= 0.6 is 23.3 Å².